The van der Waals surface area contributed by atoms with Crippen LogP contribution in [0.15, 0.2) is 0 Å². The average Bonchev–Trinajstić information content (AvgIpc) is 2.85. The van der Waals surface area contributed by atoms with E-state index in [-0.39, 0.29) is 11.9 Å². The molecule has 152 valence electrons. The molecule has 2 saturated heterocycles. The minimum absolute atomic E-state index is 0.0488. The number of imidazole rings is 1. The summed E-state index contributed by atoms with van der Waals surface area (Å²) in [4.78, 5) is 20.0. The summed E-state index contributed by atoms with van der Waals surface area (Å²) in [6, 6.07) is -0.315. The monoisotopic (exact) mass is 397 g/mol. The number of hydrogen-bond acceptors (Lipinski definition) is 5. The highest BCUT2D eigenvalue weighted by atomic mass is 32.2. The van der Waals surface area contributed by atoms with Crippen molar-refractivity contribution in [1.82, 2.24) is 24.1 Å². The normalized spacial score (nSPS) is 27.4. The van der Waals surface area contributed by atoms with Gasteiger partial charge in [0, 0.05) is 25.8 Å². The minimum atomic E-state index is -3.36. The summed E-state index contributed by atoms with van der Waals surface area (Å²) < 4.78 is 28.2. The molecule has 2 aliphatic heterocycles. The van der Waals surface area contributed by atoms with Gasteiger partial charge in [0.25, 0.3) is 0 Å². The van der Waals surface area contributed by atoms with Crippen LogP contribution in [0.5, 0.6) is 0 Å². The van der Waals surface area contributed by atoms with Gasteiger partial charge in [0.15, 0.2) is 0 Å². The third kappa shape index (κ3) is 3.64. The first-order valence-electron chi connectivity index (χ1n) is 9.49. The molecular weight excluding hydrogens is 366 g/mol. The van der Waals surface area contributed by atoms with Gasteiger partial charge in [-0.15, -0.1) is 0 Å². The summed E-state index contributed by atoms with van der Waals surface area (Å²) in [5.41, 5.74) is 1.37. The van der Waals surface area contributed by atoms with Gasteiger partial charge in [-0.2, -0.15) is 4.31 Å². The Morgan fingerprint density at radius 1 is 1.26 bits per heavy atom. The van der Waals surface area contributed by atoms with Crippen LogP contribution < -0.4 is 5.32 Å². The summed E-state index contributed by atoms with van der Waals surface area (Å²) in [6.45, 7) is 6.18. The Morgan fingerprint density at radius 3 is 2.56 bits per heavy atom. The maximum Gasteiger partial charge on any atom is 0.228 e. The molecule has 2 fully saturated rings. The van der Waals surface area contributed by atoms with Crippen molar-refractivity contribution in [2.75, 3.05) is 32.9 Å². The number of rotatable bonds is 4. The largest absolute Gasteiger partial charge is 0.348 e. The van der Waals surface area contributed by atoms with Crippen molar-refractivity contribution < 1.29 is 13.2 Å². The lowest BCUT2D eigenvalue weighted by molar-refractivity contribution is -0.141. The number of carbonyl (C=O) groups excluding carboxylic acids is 1. The van der Waals surface area contributed by atoms with Crippen LogP contribution in [-0.4, -0.2) is 72.1 Å². The molecule has 1 aromatic heterocycles. The maximum absolute atomic E-state index is 13.3. The number of hydrogen-bond donors (Lipinski definition) is 1. The lowest BCUT2D eigenvalue weighted by Gasteiger charge is -2.52. The van der Waals surface area contributed by atoms with Crippen LogP contribution in [-0.2, 0) is 28.4 Å². The molecular formula is C18H31N5O3S. The third-order valence-corrected chi connectivity index (χ3v) is 7.70. The number of likely N-dealkylation sites (tertiary alicyclic amines) is 1. The van der Waals surface area contributed by atoms with Gasteiger partial charge < -0.3 is 14.8 Å². The number of nitrogens with one attached hydrogen (secondary N) is 1. The molecule has 0 radical (unpaired) electrons. The van der Waals surface area contributed by atoms with Crippen molar-refractivity contribution in [1.29, 1.82) is 0 Å². The fourth-order valence-corrected chi connectivity index (χ4v) is 5.73. The van der Waals surface area contributed by atoms with Crippen molar-refractivity contribution in [3.05, 3.63) is 17.2 Å². The Labute approximate surface area is 162 Å². The Hall–Kier alpha value is -1.45. The van der Waals surface area contributed by atoms with Crippen LogP contribution >= 0.6 is 0 Å². The average molecular weight is 398 g/mol. The van der Waals surface area contributed by atoms with Crippen molar-refractivity contribution in [3.63, 3.8) is 0 Å². The van der Waals surface area contributed by atoms with E-state index in [1.807, 2.05) is 32.5 Å². The zero-order valence-electron chi connectivity index (χ0n) is 16.9. The molecule has 0 saturated carbocycles. The molecule has 2 aliphatic rings. The van der Waals surface area contributed by atoms with Crippen LogP contribution in [0.4, 0.5) is 0 Å². The number of aryl methyl sites for hydroxylation is 1. The summed E-state index contributed by atoms with van der Waals surface area (Å²) in [7, 11) is 0.569. The number of nitrogens with zero attached hydrogens (tertiary/aromatic N) is 4. The van der Waals surface area contributed by atoms with Crippen LogP contribution in [0.25, 0.3) is 0 Å². The van der Waals surface area contributed by atoms with E-state index in [1.54, 1.807) is 4.31 Å². The molecule has 1 amide bonds. The quantitative estimate of drug-likeness (QED) is 0.795. The fourth-order valence-electron chi connectivity index (χ4n) is 4.54. The molecule has 0 spiro atoms. The van der Waals surface area contributed by atoms with E-state index >= 15 is 0 Å². The summed E-state index contributed by atoms with van der Waals surface area (Å²) >= 11 is 0. The van der Waals surface area contributed by atoms with Crippen molar-refractivity contribution in [3.8, 4) is 0 Å². The Morgan fingerprint density at radius 2 is 1.96 bits per heavy atom. The van der Waals surface area contributed by atoms with Gasteiger partial charge in [-0.1, -0.05) is 0 Å². The Kier molecular flexibility index (Phi) is 5.39. The van der Waals surface area contributed by atoms with Gasteiger partial charge in [0.1, 0.15) is 5.82 Å². The fraction of sp³-hybridized carbons (Fsp3) is 0.778. The van der Waals surface area contributed by atoms with E-state index in [2.05, 4.69) is 15.2 Å². The number of piperidine rings is 2. The molecule has 8 nitrogen and oxygen atoms in total. The molecule has 1 aromatic rings. The Balaban J connectivity index is 1.84. The molecule has 0 aromatic carbocycles. The van der Waals surface area contributed by atoms with Crippen LogP contribution in [0.2, 0.25) is 0 Å². The first kappa shape index (κ1) is 20.3. The van der Waals surface area contributed by atoms with Gasteiger partial charge >= 0.3 is 0 Å². The smallest absolute Gasteiger partial charge is 0.228 e. The molecule has 1 N–H and O–H groups in total. The minimum Gasteiger partial charge on any atom is -0.348 e. The molecule has 27 heavy (non-hydrogen) atoms. The number of fused-ring (bicyclic) bond motifs is 1. The van der Waals surface area contributed by atoms with Gasteiger partial charge in [0.05, 0.1) is 30.0 Å². The summed E-state index contributed by atoms with van der Waals surface area (Å²) in [5, 5.41) is 3.06. The topological polar surface area (TPSA) is 87.5 Å². The number of sulfonamides is 1. The molecule has 3 heterocycles. The maximum atomic E-state index is 13.3. The van der Waals surface area contributed by atoms with Gasteiger partial charge in [-0.05, 0) is 46.7 Å². The van der Waals surface area contributed by atoms with E-state index < -0.39 is 15.4 Å². The zero-order valence-corrected chi connectivity index (χ0v) is 17.8. The molecule has 2 atom stereocenters. The second kappa shape index (κ2) is 7.18. The van der Waals surface area contributed by atoms with Gasteiger partial charge in [0.2, 0.25) is 15.9 Å². The lowest BCUT2D eigenvalue weighted by atomic mass is 9.68. The summed E-state index contributed by atoms with van der Waals surface area (Å²) in [6.07, 6.45) is 3.35. The Bertz CT molecular complexity index is 834. The second-order valence-electron chi connectivity index (χ2n) is 8.10. The van der Waals surface area contributed by atoms with E-state index in [1.165, 1.54) is 6.26 Å². The lowest BCUT2D eigenvalue weighted by Crippen LogP contribution is -2.66. The highest BCUT2D eigenvalue weighted by molar-refractivity contribution is 7.88. The van der Waals surface area contributed by atoms with Crippen LogP contribution in [0, 0.1) is 19.3 Å². The van der Waals surface area contributed by atoms with Crippen molar-refractivity contribution >= 4 is 15.9 Å². The van der Waals surface area contributed by atoms with E-state index in [9.17, 15) is 13.2 Å². The standard InChI is InChI=1S/C18H31N5O3S/c1-13-14(2)22(4)16(20-13)11-19-17(24)18-7-6-9-23(27(5,25)26)15(18)12-21(3)10-8-18/h15H,6-12H2,1-5H3,(H,19,24)/t15-,18-/m1/s1. The molecule has 9 heteroatoms. The highest BCUT2D eigenvalue weighted by Crippen LogP contribution is 2.43. The highest BCUT2D eigenvalue weighted by Gasteiger charge is 2.54. The van der Waals surface area contributed by atoms with Crippen LogP contribution in [0.1, 0.15) is 36.5 Å². The first-order valence-corrected chi connectivity index (χ1v) is 11.3. The second-order valence-corrected chi connectivity index (χ2v) is 10.0. The van der Waals surface area contributed by atoms with E-state index in [4.69, 9.17) is 0 Å². The number of amides is 1. The first-order chi connectivity index (χ1) is 12.6. The van der Waals surface area contributed by atoms with Crippen molar-refractivity contribution in [2.45, 2.75) is 45.7 Å². The van der Waals surface area contributed by atoms with E-state index in [0.29, 0.717) is 32.5 Å². The van der Waals surface area contributed by atoms with Crippen LogP contribution in [0.3, 0.4) is 0 Å². The third-order valence-electron chi connectivity index (χ3n) is 6.41. The van der Waals surface area contributed by atoms with Gasteiger partial charge in [-0.3, -0.25) is 4.79 Å². The van der Waals surface area contributed by atoms with Gasteiger partial charge in [-0.25, -0.2) is 13.4 Å². The molecule has 0 unspecified atom stereocenters. The molecule has 0 bridgehead atoms. The predicted molar refractivity (Wildman–Crippen MR) is 104 cm³/mol. The van der Waals surface area contributed by atoms with Crippen molar-refractivity contribution in [2.24, 2.45) is 12.5 Å². The number of aromatic nitrogens is 2. The molecule has 0 aliphatic carbocycles. The predicted octanol–water partition coefficient (Wildman–Crippen LogP) is 0.399. The number of likely N-dealkylation sites (N-methyl/N-ethyl adjacent to an activating group) is 1. The molecule has 3 rings (SSSR count). The summed E-state index contributed by atoms with van der Waals surface area (Å²) in [5.74, 6) is 0.766. The number of carbonyl (C=O) groups is 1. The zero-order chi connectivity index (χ0) is 20.0. The van der Waals surface area contributed by atoms with E-state index in [0.717, 1.165) is 30.2 Å². The SMILES string of the molecule is Cc1nc(CNC(=O)[C@@]23CCCN(S(C)(=O)=O)[C@@H]2CN(C)CC3)n(C)c1C.